The number of halogens is 2. The minimum absolute atomic E-state index is 0.000602. The molecule has 0 heterocycles. The molecule has 14 heavy (non-hydrogen) atoms. The van der Waals surface area contributed by atoms with Crippen molar-refractivity contribution in [3.8, 4) is 5.75 Å². The number of nitrogens with two attached hydrogens (primary N) is 1. The zero-order valence-corrected chi connectivity index (χ0v) is 8.76. The number of aromatic carboxylic acids is 1. The van der Waals surface area contributed by atoms with Crippen molar-refractivity contribution in [3.05, 3.63) is 21.9 Å². The number of nitrogen functional groups attached to an aromatic ring is 1. The fraction of sp³-hybridized carbons (Fsp3) is 0.125. The van der Waals surface area contributed by atoms with Crippen LogP contribution in [0.1, 0.15) is 10.4 Å². The van der Waals surface area contributed by atoms with Crippen molar-refractivity contribution in [1.82, 2.24) is 0 Å². The molecule has 0 aliphatic rings. The van der Waals surface area contributed by atoms with E-state index in [0.29, 0.717) is 0 Å². The van der Waals surface area contributed by atoms with Crippen molar-refractivity contribution in [2.75, 3.05) is 12.8 Å². The number of benzene rings is 1. The van der Waals surface area contributed by atoms with Crippen LogP contribution in [0.25, 0.3) is 0 Å². The van der Waals surface area contributed by atoms with E-state index in [1.807, 2.05) is 0 Å². The lowest BCUT2D eigenvalue weighted by atomic mass is 10.1. The number of hydrogen-bond acceptors (Lipinski definition) is 3. The largest absolute Gasteiger partial charge is 0.493 e. The summed E-state index contributed by atoms with van der Waals surface area (Å²) >= 11 is 2.88. The summed E-state index contributed by atoms with van der Waals surface area (Å²) in [5.74, 6) is -2.44. The Morgan fingerprint density at radius 2 is 2.29 bits per heavy atom. The molecule has 6 heteroatoms. The van der Waals surface area contributed by atoms with Gasteiger partial charge in [0.15, 0.2) is 11.6 Å². The number of methoxy groups -OCH3 is 1. The molecular formula is C8H7BrFNO3. The second kappa shape index (κ2) is 3.83. The number of carbonyl (C=O) groups is 1. The van der Waals surface area contributed by atoms with Crippen LogP contribution in [-0.2, 0) is 0 Å². The lowest BCUT2D eigenvalue weighted by Crippen LogP contribution is -2.05. The number of anilines is 1. The second-order valence-corrected chi connectivity index (χ2v) is 3.27. The highest BCUT2D eigenvalue weighted by Gasteiger charge is 2.20. The Kier molecular flexibility index (Phi) is 2.95. The van der Waals surface area contributed by atoms with Crippen LogP contribution in [0, 0.1) is 5.82 Å². The number of ether oxygens (including phenoxy) is 1. The van der Waals surface area contributed by atoms with Crippen LogP contribution in [0.2, 0.25) is 0 Å². The molecule has 4 nitrogen and oxygen atoms in total. The van der Waals surface area contributed by atoms with Crippen LogP contribution in [0.3, 0.4) is 0 Å². The molecule has 1 rings (SSSR count). The van der Waals surface area contributed by atoms with Gasteiger partial charge >= 0.3 is 5.97 Å². The average molecular weight is 264 g/mol. The maximum Gasteiger partial charge on any atom is 0.339 e. The highest BCUT2D eigenvalue weighted by Crippen LogP contribution is 2.33. The van der Waals surface area contributed by atoms with Crippen molar-refractivity contribution in [2.45, 2.75) is 0 Å². The van der Waals surface area contributed by atoms with Gasteiger partial charge < -0.3 is 15.6 Å². The monoisotopic (exact) mass is 263 g/mol. The third kappa shape index (κ3) is 1.65. The molecule has 0 fully saturated rings. The van der Waals surface area contributed by atoms with E-state index in [1.54, 1.807) is 0 Å². The maximum atomic E-state index is 13.4. The smallest absolute Gasteiger partial charge is 0.339 e. The molecule has 0 saturated carbocycles. The highest BCUT2D eigenvalue weighted by atomic mass is 79.9. The molecule has 0 radical (unpaired) electrons. The van der Waals surface area contributed by atoms with Gasteiger partial charge in [0.25, 0.3) is 0 Å². The van der Waals surface area contributed by atoms with Crippen molar-refractivity contribution in [3.63, 3.8) is 0 Å². The van der Waals surface area contributed by atoms with Crippen molar-refractivity contribution in [2.24, 2.45) is 0 Å². The summed E-state index contributed by atoms with van der Waals surface area (Å²) in [5.41, 5.74) is 5.09. The summed E-state index contributed by atoms with van der Waals surface area (Å²) in [4.78, 5) is 10.7. The summed E-state index contributed by atoms with van der Waals surface area (Å²) in [6, 6.07) is 1.13. The molecule has 0 amide bonds. The van der Waals surface area contributed by atoms with Gasteiger partial charge in [-0.25, -0.2) is 9.18 Å². The van der Waals surface area contributed by atoms with E-state index in [1.165, 1.54) is 7.11 Å². The normalized spacial score (nSPS) is 9.93. The maximum absolute atomic E-state index is 13.4. The van der Waals surface area contributed by atoms with Gasteiger partial charge in [-0.3, -0.25) is 0 Å². The molecule has 76 valence electrons. The molecule has 0 spiro atoms. The van der Waals surface area contributed by atoms with E-state index < -0.39 is 11.8 Å². The number of carboxylic acids is 1. The first-order chi connectivity index (χ1) is 6.49. The first-order valence-corrected chi connectivity index (χ1v) is 4.33. The lowest BCUT2D eigenvalue weighted by Gasteiger charge is -2.09. The molecule has 0 aliphatic carbocycles. The van der Waals surface area contributed by atoms with Gasteiger partial charge in [0, 0.05) is 5.69 Å². The van der Waals surface area contributed by atoms with Gasteiger partial charge in [-0.15, -0.1) is 0 Å². The molecule has 0 bridgehead atoms. The average Bonchev–Trinajstić information content (AvgIpc) is 2.13. The van der Waals surface area contributed by atoms with Gasteiger partial charge in [0.1, 0.15) is 5.56 Å². The Bertz CT molecular complexity index is 395. The predicted molar refractivity (Wildman–Crippen MR) is 52.0 cm³/mol. The Labute approximate surface area is 87.6 Å². The van der Waals surface area contributed by atoms with E-state index in [4.69, 9.17) is 10.8 Å². The van der Waals surface area contributed by atoms with Gasteiger partial charge in [-0.1, -0.05) is 0 Å². The van der Waals surface area contributed by atoms with Crippen LogP contribution >= 0.6 is 15.9 Å². The molecule has 3 N–H and O–H groups in total. The summed E-state index contributed by atoms with van der Waals surface area (Å²) < 4.78 is 18.0. The molecule has 0 atom stereocenters. The van der Waals surface area contributed by atoms with E-state index in [-0.39, 0.29) is 21.5 Å². The second-order valence-electron chi connectivity index (χ2n) is 2.48. The zero-order valence-electron chi connectivity index (χ0n) is 7.17. The summed E-state index contributed by atoms with van der Waals surface area (Å²) in [6.07, 6.45) is 0. The molecule has 0 unspecified atom stereocenters. The van der Waals surface area contributed by atoms with Crippen molar-refractivity contribution < 1.29 is 19.0 Å². The minimum Gasteiger partial charge on any atom is -0.493 e. The summed E-state index contributed by atoms with van der Waals surface area (Å²) in [6.45, 7) is 0. The SMILES string of the molecule is COc1c(C(=O)O)cc(N)c(Br)c1F. The van der Waals surface area contributed by atoms with E-state index in [2.05, 4.69) is 20.7 Å². The number of hydrogen-bond donors (Lipinski definition) is 2. The Hall–Kier alpha value is -1.30. The van der Waals surface area contributed by atoms with E-state index in [9.17, 15) is 9.18 Å². The molecule has 0 aromatic heterocycles. The third-order valence-corrected chi connectivity index (χ3v) is 2.43. The Morgan fingerprint density at radius 3 is 2.71 bits per heavy atom. The molecule has 0 aliphatic heterocycles. The fourth-order valence-electron chi connectivity index (χ4n) is 0.987. The van der Waals surface area contributed by atoms with Crippen LogP contribution in [0.5, 0.6) is 5.75 Å². The Morgan fingerprint density at radius 1 is 1.71 bits per heavy atom. The van der Waals surface area contributed by atoms with Gasteiger partial charge in [0.05, 0.1) is 11.6 Å². The van der Waals surface area contributed by atoms with E-state index >= 15 is 0 Å². The van der Waals surface area contributed by atoms with Crippen LogP contribution in [0.4, 0.5) is 10.1 Å². The predicted octanol–water partition coefficient (Wildman–Crippen LogP) is 1.88. The van der Waals surface area contributed by atoms with Gasteiger partial charge in [-0.2, -0.15) is 0 Å². The molecule has 0 saturated heterocycles. The first-order valence-electron chi connectivity index (χ1n) is 3.53. The molecule has 1 aromatic rings. The number of rotatable bonds is 2. The van der Waals surface area contributed by atoms with Crippen LogP contribution in [-0.4, -0.2) is 18.2 Å². The standard InChI is InChI=1S/C8H7BrFNO3/c1-14-7-3(8(12)13)2-4(11)5(9)6(7)10/h2H,11H2,1H3,(H,12,13). The first kappa shape index (κ1) is 10.8. The summed E-state index contributed by atoms with van der Waals surface area (Å²) in [5, 5.41) is 8.72. The fourth-order valence-corrected chi connectivity index (χ4v) is 1.28. The topological polar surface area (TPSA) is 72.5 Å². The third-order valence-electron chi connectivity index (χ3n) is 1.62. The highest BCUT2D eigenvalue weighted by molar-refractivity contribution is 9.10. The van der Waals surface area contributed by atoms with Crippen molar-refractivity contribution >= 4 is 27.6 Å². The summed E-state index contributed by atoms with van der Waals surface area (Å²) in [7, 11) is 1.19. The quantitative estimate of drug-likeness (QED) is 0.800. The van der Waals surface area contributed by atoms with Crippen LogP contribution in [0.15, 0.2) is 10.5 Å². The van der Waals surface area contributed by atoms with Crippen molar-refractivity contribution in [1.29, 1.82) is 0 Å². The molecular weight excluding hydrogens is 257 g/mol. The van der Waals surface area contributed by atoms with E-state index in [0.717, 1.165) is 6.07 Å². The van der Waals surface area contributed by atoms with Gasteiger partial charge in [-0.05, 0) is 22.0 Å². The van der Waals surface area contributed by atoms with Gasteiger partial charge in [0.2, 0.25) is 0 Å². The molecule has 1 aromatic carbocycles. The zero-order chi connectivity index (χ0) is 10.9. The lowest BCUT2D eigenvalue weighted by molar-refractivity contribution is 0.0692. The Balaban J connectivity index is 3.51. The van der Waals surface area contributed by atoms with Crippen LogP contribution < -0.4 is 10.5 Å². The number of carboxylic acid groups (broad SMARTS) is 1. The minimum atomic E-state index is -1.29.